The molecule has 16 heavy (non-hydrogen) atoms. The number of hydrogen-bond donors (Lipinski definition) is 1. The molecule has 0 unspecified atom stereocenters. The standard InChI is InChI=1S/C14H22N2/c1-11(2)15-8-6-12-4-5-14-13(10-12)7-9-16(14)3/h4-5,10-11,15H,6-9H2,1-3H3. The van der Waals surface area contributed by atoms with Crippen molar-refractivity contribution in [1.29, 1.82) is 0 Å². The van der Waals surface area contributed by atoms with Gasteiger partial charge in [0.25, 0.3) is 0 Å². The van der Waals surface area contributed by atoms with Crippen LogP contribution in [0.5, 0.6) is 0 Å². The van der Waals surface area contributed by atoms with Crippen LogP contribution in [-0.2, 0) is 12.8 Å². The summed E-state index contributed by atoms with van der Waals surface area (Å²) in [6.45, 7) is 6.63. The van der Waals surface area contributed by atoms with Crippen LogP contribution in [0.1, 0.15) is 25.0 Å². The average Bonchev–Trinajstić information content (AvgIpc) is 2.60. The lowest BCUT2D eigenvalue weighted by atomic mass is 10.1. The molecule has 0 saturated carbocycles. The van der Waals surface area contributed by atoms with Crippen molar-refractivity contribution in [2.75, 3.05) is 25.0 Å². The number of anilines is 1. The van der Waals surface area contributed by atoms with Crippen LogP contribution in [-0.4, -0.2) is 26.2 Å². The molecule has 0 atom stereocenters. The predicted molar refractivity (Wildman–Crippen MR) is 70.3 cm³/mol. The summed E-state index contributed by atoms with van der Waals surface area (Å²) in [6.07, 6.45) is 2.34. The first kappa shape index (κ1) is 11.5. The Hall–Kier alpha value is -1.02. The fourth-order valence-corrected chi connectivity index (χ4v) is 2.28. The van der Waals surface area contributed by atoms with E-state index in [1.54, 1.807) is 0 Å². The SMILES string of the molecule is CC(C)NCCc1ccc2c(c1)CCN2C. The van der Waals surface area contributed by atoms with E-state index in [1.165, 1.54) is 29.8 Å². The Morgan fingerprint density at radius 3 is 2.94 bits per heavy atom. The zero-order chi connectivity index (χ0) is 11.5. The van der Waals surface area contributed by atoms with Crippen molar-refractivity contribution in [3.63, 3.8) is 0 Å². The van der Waals surface area contributed by atoms with E-state index in [0.717, 1.165) is 13.0 Å². The van der Waals surface area contributed by atoms with Gasteiger partial charge in [0, 0.05) is 25.3 Å². The molecule has 0 spiro atoms. The molecule has 2 nitrogen and oxygen atoms in total. The van der Waals surface area contributed by atoms with E-state index in [0.29, 0.717) is 6.04 Å². The van der Waals surface area contributed by atoms with E-state index >= 15 is 0 Å². The predicted octanol–water partition coefficient (Wildman–Crippen LogP) is 2.22. The molecule has 0 fully saturated rings. The number of nitrogens with zero attached hydrogens (tertiary/aromatic N) is 1. The van der Waals surface area contributed by atoms with Crippen LogP contribution in [0.2, 0.25) is 0 Å². The zero-order valence-corrected chi connectivity index (χ0v) is 10.6. The third kappa shape index (κ3) is 2.56. The first-order valence-corrected chi connectivity index (χ1v) is 6.23. The highest BCUT2D eigenvalue weighted by atomic mass is 15.1. The molecule has 0 aromatic heterocycles. The molecule has 2 heteroatoms. The largest absolute Gasteiger partial charge is 0.374 e. The molecule has 88 valence electrons. The second kappa shape index (κ2) is 4.88. The highest BCUT2D eigenvalue weighted by molar-refractivity contribution is 5.58. The van der Waals surface area contributed by atoms with Gasteiger partial charge in [0.1, 0.15) is 0 Å². The van der Waals surface area contributed by atoms with Gasteiger partial charge in [-0.1, -0.05) is 26.0 Å². The smallest absolute Gasteiger partial charge is 0.0397 e. The van der Waals surface area contributed by atoms with Crippen LogP contribution in [0.4, 0.5) is 5.69 Å². The van der Waals surface area contributed by atoms with Crippen molar-refractivity contribution >= 4 is 5.69 Å². The first-order valence-electron chi connectivity index (χ1n) is 6.23. The van der Waals surface area contributed by atoms with Crippen LogP contribution < -0.4 is 10.2 Å². The molecule has 1 N–H and O–H groups in total. The van der Waals surface area contributed by atoms with Crippen molar-refractivity contribution < 1.29 is 0 Å². The van der Waals surface area contributed by atoms with Gasteiger partial charge in [-0.25, -0.2) is 0 Å². The molecule has 0 amide bonds. The zero-order valence-electron chi connectivity index (χ0n) is 10.6. The lowest BCUT2D eigenvalue weighted by Gasteiger charge is -2.12. The Bertz CT molecular complexity index is 358. The summed E-state index contributed by atoms with van der Waals surface area (Å²) in [6, 6.07) is 7.50. The first-order chi connectivity index (χ1) is 7.66. The fraction of sp³-hybridized carbons (Fsp3) is 0.571. The van der Waals surface area contributed by atoms with E-state index < -0.39 is 0 Å². The molecule has 1 aromatic carbocycles. The van der Waals surface area contributed by atoms with Crippen LogP contribution in [0.3, 0.4) is 0 Å². The van der Waals surface area contributed by atoms with Crippen LogP contribution in [0.15, 0.2) is 18.2 Å². The van der Waals surface area contributed by atoms with Gasteiger partial charge in [-0.3, -0.25) is 0 Å². The van der Waals surface area contributed by atoms with Gasteiger partial charge >= 0.3 is 0 Å². The van der Waals surface area contributed by atoms with Crippen molar-refractivity contribution in [3.05, 3.63) is 29.3 Å². The molecule has 1 heterocycles. The molecule has 0 bridgehead atoms. The number of benzene rings is 1. The minimum absolute atomic E-state index is 0.584. The maximum Gasteiger partial charge on any atom is 0.0397 e. The molecule has 1 aliphatic rings. The van der Waals surface area contributed by atoms with Gasteiger partial charge in [-0.15, -0.1) is 0 Å². The number of fused-ring (bicyclic) bond motifs is 1. The normalized spacial score (nSPS) is 14.6. The van der Waals surface area contributed by atoms with Crippen molar-refractivity contribution in [2.45, 2.75) is 32.7 Å². The average molecular weight is 218 g/mol. The third-order valence-electron chi connectivity index (χ3n) is 3.24. The number of rotatable bonds is 4. The highest BCUT2D eigenvalue weighted by Crippen LogP contribution is 2.27. The Kier molecular flexibility index (Phi) is 3.49. The molecule has 1 aliphatic heterocycles. The number of likely N-dealkylation sites (N-methyl/N-ethyl adjacent to an activating group) is 1. The molecule has 2 rings (SSSR count). The maximum absolute atomic E-state index is 3.46. The van der Waals surface area contributed by atoms with Gasteiger partial charge in [-0.2, -0.15) is 0 Å². The fourth-order valence-electron chi connectivity index (χ4n) is 2.28. The van der Waals surface area contributed by atoms with Gasteiger partial charge in [-0.05, 0) is 36.6 Å². The monoisotopic (exact) mass is 218 g/mol. The van der Waals surface area contributed by atoms with E-state index in [2.05, 4.69) is 49.3 Å². The van der Waals surface area contributed by atoms with E-state index in [-0.39, 0.29) is 0 Å². The summed E-state index contributed by atoms with van der Waals surface area (Å²) >= 11 is 0. The second-order valence-corrected chi connectivity index (χ2v) is 4.99. The van der Waals surface area contributed by atoms with Crippen molar-refractivity contribution in [3.8, 4) is 0 Å². The summed E-state index contributed by atoms with van der Waals surface area (Å²) in [4.78, 5) is 2.34. The van der Waals surface area contributed by atoms with Gasteiger partial charge in [0.2, 0.25) is 0 Å². The van der Waals surface area contributed by atoms with Gasteiger partial charge in [0.05, 0.1) is 0 Å². The lowest BCUT2D eigenvalue weighted by Crippen LogP contribution is -2.24. The van der Waals surface area contributed by atoms with Crippen molar-refractivity contribution in [1.82, 2.24) is 5.32 Å². The van der Waals surface area contributed by atoms with E-state index in [4.69, 9.17) is 0 Å². The molecular weight excluding hydrogens is 196 g/mol. The summed E-state index contributed by atoms with van der Waals surface area (Å²) in [5.41, 5.74) is 4.40. The summed E-state index contributed by atoms with van der Waals surface area (Å²) in [5, 5.41) is 3.46. The van der Waals surface area contributed by atoms with Gasteiger partial charge < -0.3 is 10.2 Å². The van der Waals surface area contributed by atoms with Crippen LogP contribution in [0.25, 0.3) is 0 Å². The van der Waals surface area contributed by atoms with E-state index in [9.17, 15) is 0 Å². The summed E-state index contributed by atoms with van der Waals surface area (Å²) in [7, 11) is 2.17. The van der Waals surface area contributed by atoms with E-state index in [1.807, 2.05) is 0 Å². The topological polar surface area (TPSA) is 15.3 Å². The molecular formula is C14H22N2. The maximum atomic E-state index is 3.46. The Morgan fingerprint density at radius 2 is 2.19 bits per heavy atom. The molecule has 0 aliphatic carbocycles. The minimum atomic E-state index is 0.584. The lowest BCUT2D eigenvalue weighted by molar-refractivity contribution is 0.590. The van der Waals surface area contributed by atoms with Crippen LogP contribution in [0, 0.1) is 0 Å². The molecule has 0 radical (unpaired) electrons. The Balaban J connectivity index is 1.97. The molecule has 0 saturated heterocycles. The number of nitrogens with one attached hydrogen (secondary N) is 1. The molecule has 1 aromatic rings. The van der Waals surface area contributed by atoms with Gasteiger partial charge in [0.15, 0.2) is 0 Å². The Labute approximate surface area is 98.7 Å². The third-order valence-corrected chi connectivity index (χ3v) is 3.24. The highest BCUT2D eigenvalue weighted by Gasteiger charge is 2.15. The summed E-state index contributed by atoms with van der Waals surface area (Å²) in [5.74, 6) is 0. The Morgan fingerprint density at radius 1 is 1.38 bits per heavy atom. The van der Waals surface area contributed by atoms with Crippen LogP contribution >= 0.6 is 0 Å². The summed E-state index contributed by atoms with van der Waals surface area (Å²) < 4.78 is 0. The number of hydrogen-bond acceptors (Lipinski definition) is 2. The van der Waals surface area contributed by atoms with Crippen molar-refractivity contribution in [2.24, 2.45) is 0 Å². The minimum Gasteiger partial charge on any atom is -0.374 e. The quantitative estimate of drug-likeness (QED) is 0.833. The second-order valence-electron chi connectivity index (χ2n) is 4.99.